The van der Waals surface area contributed by atoms with Gasteiger partial charge in [0.2, 0.25) is 5.91 Å². The first-order chi connectivity index (χ1) is 13.5. The van der Waals surface area contributed by atoms with Crippen LogP contribution in [-0.2, 0) is 17.8 Å². The summed E-state index contributed by atoms with van der Waals surface area (Å²) in [5.41, 5.74) is 2.99. The third kappa shape index (κ3) is 9.45. The number of carbonyl (C=O) groups is 1. The first-order valence-electron chi connectivity index (χ1n) is 9.50. The highest BCUT2D eigenvalue weighted by Gasteiger charge is 2.06. The molecular weight excluding hydrogens is 501 g/mol. The standard InChI is InChI=1S/C21H28ClN5O.HI/c1-4-23-21(24-12-11-17-7-10-19(22)25-13-17)26-14-16-5-8-18(9-6-16)27-20(28)15(2)3;/h5-10,13,15H,4,11-12,14H2,1-3H3,(H,27,28)(H2,23,24,26);1H. The van der Waals surface area contributed by atoms with Gasteiger partial charge in [-0.2, -0.15) is 0 Å². The molecule has 6 nitrogen and oxygen atoms in total. The Balaban J connectivity index is 0.00000420. The molecule has 0 atom stereocenters. The van der Waals surface area contributed by atoms with Crippen LogP contribution < -0.4 is 16.0 Å². The van der Waals surface area contributed by atoms with E-state index in [2.05, 4.69) is 25.9 Å². The van der Waals surface area contributed by atoms with Gasteiger partial charge < -0.3 is 16.0 Å². The van der Waals surface area contributed by atoms with Crippen LogP contribution in [0, 0.1) is 5.92 Å². The van der Waals surface area contributed by atoms with Crippen LogP contribution in [0.3, 0.4) is 0 Å². The fourth-order valence-corrected chi connectivity index (χ4v) is 2.48. The van der Waals surface area contributed by atoms with Crippen molar-refractivity contribution in [2.24, 2.45) is 10.9 Å². The van der Waals surface area contributed by atoms with E-state index >= 15 is 0 Å². The molecule has 2 aromatic rings. The van der Waals surface area contributed by atoms with Crippen molar-refractivity contribution in [2.45, 2.75) is 33.7 Å². The second-order valence-corrected chi connectivity index (χ2v) is 7.09. The number of hydrogen-bond donors (Lipinski definition) is 3. The number of aliphatic imine (C=N–C) groups is 1. The van der Waals surface area contributed by atoms with E-state index in [9.17, 15) is 4.79 Å². The summed E-state index contributed by atoms with van der Waals surface area (Å²) < 4.78 is 0. The van der Waals surface area contributed by atoms with Crippen LogP contribution in [0.1, 0.15) is 31.9 Å². The van der Waals surface area contributed by atoms with E-state index in [4.69, 9.17) is 11.6 Å². The zero-order chi connectivity index (χ0) is 20.4. The van der Waals surface area contributed by atoms with E-state index in [0.717, 1.165) is 42.3 Å². The summed E-state index contributed by atoms with van der Waals surface area (Å²) in [6.45, 7) is 7.86. The maximum Gasteiger partial charge on any atom is 0.226 e. The van der Waals surface area contributed by atoms with Crippen LogP contribution >= 0.6 is 35.6 Å². The largest absolute Gasteiger partial charge is 0.357 e. The zero-order valence-corrected chi connectivity index (χ0v) is 20.1. The Hall–Kier alpha value is -1.87. The molecule has 0 saturated carbocycles. The van der Waals surface area contributed by atoms with Crippen molar-refractivity contribution in [2.75, 3.05) is 18.4 Å². The quantitative estimate of drug-likeness (QED) is 0.207. The molecule has 0 aliphatic rings. The average molecular weight is 530 g/mol. The lowest BCUT2D eigenvalue weighted by atomic mass is 10.2. The number of guanidine groups is 1. The lowest BCUT2D eigenvalue weighted by Crippen LogP contribution is -2.38. The second kappa shape index (κ2) is 13.4. The van der Waals surface area contributed by atoms with Crippen molar-refractivity contribution in [1.82, 2.24) is 15.6 Å². The highest BCUT2D eigenvalue weighted by atomic mass is 127. The molecular formula is C21H29ClIN5O. The Bertz CT molecular complexity index is 779. The Labute approximate surface area is 195 Å². The van der Waals surface area contributed by atoms with Gasteiger partial charge in [0, 0.05) is 30.9 Å². The predicted octanol–water partition coefficient (Wildman–Crippen LogP) is 4.25. The summed E-state index contributed by atoms with van der Waals surface area (Å²) >= 11 is 5.81. The number of rotatable bonds is 8. The fraction of sp³-hybridized carbons (Fsp3) is 0.381. The number of aromatic nitrogens is 1. The summed E-state index contributed by atoms with van der Waals surface area (Å²) in [4.78, 5) is 20.5. The lowest BCUT2D eigenvalue weighted by molar-refractivity contribution is -0.118. The van der Waals surface area contributed by atoms with Crippen molar-refractivity contribution < 1.29 is 4.79 Å². The van der Waals surface area contributed by atoms with Gasteiger partial charge in [0.25, 0.3) is 0 Å². The molecule has 29 heavy (non-hydrogen) atoms. The molecule has 3 N–H and O–H groups in total. The molecule has 0 saturated heterocycles. The Morgan fingerprint density at radius 3 is 2.38 bits per heavy atom. The minimum Gasteiger partial charge on any atom is -0.357 e. The fourth-order valence-electron chi connectivity index (χ4n) is 2.37. The first-order valence-corrected chi connectivity index (χ1v) is 9.88. The molecule has 1 aromatic carbocycles. The maximum absolute atomic E-state index is 11.7. The van der Waals surface area contributed by atoms with E-state index < -0.39 is 0 Å². The maximum atomic E-state index is 11.7. The zero-order valence-electron chi connectivity index (χ0n) is 17.0. The molecule has 1 aromatic heterocycles. The number of hydrogen-bond acceptors (Lipinski definition) is 3. The molecule has 0 spiro atoms. The minimum absolute atomic E-state index is 0. The third-order valence-electron chi connectivity index (χ3n) is 4.00. The highest BCUT2D eigenvalue weighted by Crippen LogP contribution is 2.12. The van der Waals surface area contributed by atoms with Crippen molar-refractivity contribution in [3.63, 3.8) is 0 Å². The number of halogens is 2. The average Bonchev–Trinajstić information content (AvgIpc) is 2.68. The highest BCUT2D eigenvalue weighted by molar-refractivity contribution is 14.0. The molecule has 8 heteroatoms. The van der Waals surface area contributed by atoms with Crippen LogP contribution in [0.2, 0.25) is 5.15 Å². The summed E-state index contributed by atoms with van der Waals surface area (Å²) in [6, 6.07) is 11.5. The molecule has 158 valence electrons. The Morgan fingerprint density at radius 2 is 1.79 bits per heavy atom. The van der Waals surface area contributed by atoms with E-state index in [0.29, 0.717) is 11.7 Å². The second-order valence-electron chi connectivity index (χ2n) is 6.70. The van der Waals surface area contributed by atoms with E-state index in [1.165, 1.54) is 0 Å². The van der Waals surface area contributed by atoms with Gasteiger partial charge in [-0.1, -0.05) is 43.6 Å². The summed E-state index contributed by atoms with van der Waals surface area (Å²) in [7, 11) is 0. The number of amides is 1. The van der Waals surface area contributed by atoms with Crippen molar-refractivity contribution >= 4 is 53.1 Å². The van der Waals surface area contributed by atoms with Crippen molar-refractivity contribution in [3.8, 4) is 0 Å². The van der Waals surface area contributed by atoms with Gasteiger partial charge in [-0.3, -0.25) is 4.79 Å². The monoisotopic (exact) mass is 529 g/mol. The predicted molar refractivity (Wildman–Crippen MR) is 131 cm³/mol. The number of anilines is 1. The lowest BCUT2D eigenvalue weighted by Gasteiger charge is -2.11. The number of nitrogens with one attached hydrogen (secondary N) is 3. The summed E-state index contributed by atoms with van der Waals surface area (Å²) in [5.74, 6) is 0.739. The third-order valence-corrected chi connectivity index (χ3v) is 4.23. The number of benzene rings is 1. The van der Waals surface area contributed by atoms with E-state index in [-0.39, 0.29) is 35.8 Å². The normalized spacial score (nSPS) is 11.0. The van der Waals surface area contributed by atoms with Crippen LogP contribution in [-0.4, -0.2) is 29.9 Å². The molecule has 0 aliphatic carbocycles. The van der Waals surface area contributed by atoms with E-state index in [1.807, 2.05) is 51.1 Å². The number of carbonyl (C=O) groups excluding carboxylic acids is 1. The van der Waals surface area contributed by atoms with Crippen LogP contribution in [0.4, 0.5) is 5.69 Å². The summed E-state index contributed by atoms with van der Waals surface area (Å²) in [5, 5.41) is 9.96. The van der Waals surface area contributed by atoms with Crippen molar-refractivity contribution in [3.05, 3.63) is 58.9 Å². The van der Waals surface area contributed by atoms with Crippen LogP contribution in [0.5, 0.6) is 0 Å². The summed E-state index contributed by atoms with van der Waals surface area (Å²) in [6.07, 6.45) is 2.62. The molecule has 2 rings (SSSR count). The van der Waals surface area contributed by atoms with Crippen LogP contribution in [0.25, 0.3) is 0 Å². The van der Waals surface area contributed by atoms with Gasteiger partial charge in [0.1, 0.15) is 5.15 Å². The molecule has 0 aliphatic heterocycles. The molecule has 0 radical (unpaired) electrons. The molecule has 1 heterocycles. The molecule has 0 fully saturated rings. The SMILES string of the molecule is CCNC(=NCc1ccc(NC(=O)C(C)C)cc1)NCCc1ccc(Cl)nc1.I. The Kier molecular flexibility index (Phi) is 11.6. The first kappa shape index (κ1) is 25.2. The van der Waals surface area contributed by atoms with Crippen molar-refractivity contribution in [1.29, 1.82) is 0 Å². The smallest absolute Gasteiger partial charge is 0.226 e. The molecule has 1 amide bonds. The molecule has 0 bridgehead atoms. The van der Waals surface area contributed by atoms with Gasteiger partial charge in [0.05, 0.1) is 6.54 Å². The van der Waals surface area contributed by atoms with Gasteiger partial charge in [-0.15, -0.1) is 24.0 Å². The topological polar surface area (TPSA) is 78.4 Å². The number of nitrogens with zero attached hydrogens (tertiary/aromatic N) is 2. The minimum atomic E-state index is -0.0401. The van der Waals surface area contributed by atoms with Gasteiger partial charge in [-0.25, -0.2) is 9.98 Å². The molecule has 0 unspecified atom stereocenters. The Morgan fingerprint density at radius 1 is 1.10 bits per heavy atom. The number of pyridine rings is 1. The van der Waals surface area contributed by atoms with Gasteiger partial charge in [0.15, 0.2) is 5.96 Å². The van der Waals surface area contributed by atoms with E-state index in [1.54, 1.807) is 12.3 Å². The van der Waals surface area contributed by atoms with Crippen LogP contribution in [0.15, 0.2) is 47.6 Å². The van der Waals surface area contributed by atoms with Gasteiger partial charge >= 0.3 is 0 Å². The van der Waals surface area contributed by atoms with Gasteiger partial charge in [-0.05, 0) is 42.7 Å².